The number of halogens is 3. The van der Waals surface area contributed by atoms with Gasteiger partial charge >= 0.3 is 18.1 Å². The maximum Gasteiger partial charge on any atom is 0.426 e. The Bertz CT molecular complexity index is 809. The van der Waals surface area contributed by atoms with E-state index in [1.165, 1.54) is 0 Å². The van der Waals surface area contributed by atoms with E-state index in [0.717, 1.165) is 12.8 Å². The molecular weight excluding hydrogens is 441 g/mol. The summed E-state index contributed by atoms with van der Waals surface area (Å²) in [6, 6.07) is 0. The topological polar surface area (TPSA) is 107 Å². The molecule has 1 N–H and O–H groups in total. The molecule has 0 amide bonds. The van der Waals surface area contributed by atoms with Gasteiger partial charge in [-0.25, -0.2) is 0 Å². The number of hydrogen-bond donors (Lipinski definition) is 1. The number of carbonyl (C=O) groups excluding carboxylic acids is 2. The van der Waals surface area contributed by atoms with E-state index in [9.17, 15) is 31.2 Å². The predicted molar refractivity (Wildman–Crippen MR) is 102 cm³/mol. The smallest absolute Gasteiger partial charge is 0.426 e. The quantitative estimate of drug-likeness (QED) is 0.426. The SMILES string of the molecule is CCC(C)CC(=O)OC12CC3CC(C1)CC(C(=O)OC(CS(=O)(=O)O)C(F)(F)F)(C3)C2. The summed E-state index contributed by atoms with van der Waals surface area (Å²) in [6.07, 6.45) is -4.39. The molecule has 178 valence electrons. The van der Waals surface area contributed by atoms with Crippen molar-refractivity contribution in [2.45, 2.75) is 83.1 Å². The molecule has 4 aliphatic rings. The van der Waals surface area contributed by atoms with Crippen LogP contribution in [0.2, 0.25) is 0 Å². The summed E-state index contributed by atoms with van der Waals surface area (Å²) < 4.78 is 81.2. The molecule has 4 atom stereocenters. The Labute approximate surface area is 179 Å². The monoisotopic (exact) mass is 470 g/mol. The molecule has 0 aliphatic heterocycles. The molecule has 0 saturated heterocycles. The largest absolute Gasteiger partial charge is 0.459 e. The molecule has 4 aliphatic carbocycles. The van der Waals surface area contributed by atoms with Crippen molar-refractivity contribution >= 4 is 22.1 Å². The number of hydrogen-bond acceptors (Lipinski definition) is 6. The number of esters is 2. The first kappa shape index (κ1) is 24.3. The Morgan fingerprint density at radius 3 is 2.23 bits per heavy atom. The molecule has 0 spiro atoms. The van der Waals surface area contributed by atoms with Gasteiger partial charge in [0.05, 0.1) is 5.41 Å². The Balaban J connectivity index is 1.79. The van der Waals surface area contributed by atoms with Crippen LogP contribution in [-0.4, -0.2) is 48.5 Å². The lowest BCUT2D eigenvalue weighted by Crippen LogP contribution is -2.60. The van der Waals surface area contributed by atoms with Gasteiger partial charge < -0.3 is 9.47 Å². The second-order valence-corrected chi connectivity index (χ2v) is 11.3. The van der Waals surface area contributed by atoms with Gasteiger partial charge in [0.25, 0.3) is 10.1 Å². The zero-order valence-corrected chi connectivity index (χ0v) is 18.4. The van der Waals surface area contributed by atoms with E-state index >= 15 is 0 Å². The molecule has 7 nitrogen and oxygen atoms in total. The Morgan fingerprint density at radius 2 is 1.74 bits per heavy atom. The van der Waals surface area contributed by atoms with Gasteiger partial charge in [0.1, 0.15) is 11.4 Å². The summed E-state index contributed by atoms with van der Waals surface area (Å²) >= 11 is 0. The van der Waals surface area contributed by atoms with Crippen LogP contribution in [0.3, 0.4) is 0 Å². The van der Waals surface area contributed by atoms with E-state index < -0.39 is 45.1 Å². The summed E-state index contributed by atoms with van der Waals surface area (Å²) in [7, 11) is -5.02. The number of ether oxygens (including phenoxy) is 2. The summed E-state index contributed by atoms with van der Waals surface area (Å²) in [5.41, 5.74) is -2.14. The Morgan fingerprint density at radius 1 is 1.16 bits per heavy atom. The van der Waals surface area contributed by atoms with Crippen LogP contribution in [0, 0.1) is 23.2 Å². The van der Waals surface area contributed by atoms with Gasteiger partial charge in [-0.05, 0) is 49.9 Å². The van der Waals surface area contributed by atoms with Crippen LogP contribution >= 0.6 is 0 Å². The van der Waals surface area contributed by atoms with Crippen molar-refractivity contribution in [2.24, 2.45) is 23.2 Å². The average Bonchev–Trinajstić information content (AvgIpc) is 2.57. The molecule has 11 heteroatoms. The lowest BCUT2D eigenvalue weighted by Gasteiger charge is -2.59. The highest BCUT2D eigenvalue weighted by Crippen LogP contribution is 2.63. The molecule has 0 aromatic rings. The summed E-state index contributed by atoms with van der Waals surface area (Å²) in [5, 5.41) is 0. The van der Waals surface area contributed by atoms with E-state index in [4.69, 9.17) is 9.29 Å². The van der Waals surface area contributed by atoms with Gasteiger partial charge in [-0.2, -0.15) is 21.6 Å². The minimum atomic E-state index is -5.14. The van der Waals surface area contributed by atoms with Gasteiger partial charge in [0.2, 0.25) is 6.10 Å². The second-order valence-electron chi connectivity index (χ2n) is 9.80. The highest BCUT2D eigenvalue weighted by Gasteiger charge is 2.64. The van der Waals surface area contributed by atoms with Crippen molar-refractivity contribution in [1.82, 2.24) is 0 Å². The molecule has 0 aromatic carbocycles. The Kier molecular flexibility index (Phi) is 6.43. The maximum absolute atomic E-state index is 13.3. The highest BCUT2D eigenvalue weighted by molar-refractivity contribution is 7.85. The van der Waals surface area contributed by atoms with Crippen LogP contribution in [0.25, 0.3) is 0 Å². The second kappa shape index (κ2) is 8.20. The standard InChI is InChI=1S/C20H29F3O7S/c1-3-12(2)4-16(24)30-19-8-13-5-14(9-19)7-18(6-13,11-19)17(25)29-15(20(21,22)23)10-31(26,27)28/h12-15H,3-11H2,1-2H3,(H,26,27,28). The van der Waals surface area contributed by atoms with E-state index in [1.807, 2.05) is 13.8 Å². The van der Waals surface area contributed by atoms with Gasteiger partial charge in [0, 0.05) is 12.8 Å². The van der Waals surface area contributed by atoms with Crippen LogP contribution in [0.4, 0.5) is 13.2 Å². The van der Waals surface area contributed by atoms with Crippen molar-refractivity contribution in [3.63, 3.8) is 0 Å². The van der Waals surface area contributed by atoms with Gasteiger partial charge in [0.15, 0.2) is 0 Å². The molecule has 0 heterocycles. The molecule has 4 unspecified atom stereocenters. The molecule has 0 aromatic heterocycles. The van der Waals surface area contributed by atoms with Crippen molar-refractivity contribution in [1.29, 1.82) is 0 Å². The normalized spacial score (nSPS) is 34.3. The van der Waals surface area contributed by atoms with Crippen LogP contribution in [-0.2, 0) is 29.2 Å². The molecule has 31 heavy (non-hydrogen) atoms. The predicted octanol–water partition coefficient (Wildman–Crippen LogP) is 3.67. The van der Waals surface area contributed by atoms with Crippen molar-refractivity contribution in [3.8, 4) is 0 Å². The van der Waals surface area contributed by atoms with Gasteiger partial charge in [-0.15, -0.1) is 0 Å². The minimum Gasteiger partial charge on any atom is -0.459 e. The first-order valence-corrected chi connectivity index (χ1v) is 12.2. The van der Waals surface area contributed by atoms with Crippen molar-refractivity contribution in [2.75, 3.05) is 5.75 Å². The fourth-order valence-electron chi connectivity index (χ4n) is 5.89. The zero-order valence-electron chi connectivity index (χ0n) is 17.6. The summed E-state index contributed by atoms with van der Waals surface area (Å²) in [6.45, 7) is 3.88. The first-order chi connectivity index (χ1) is 14.2. The van der Waals surface area contributed by atoms with Gasteiger partial charge in [-0.1, -0.05) is 20.3 Å². The van der Waals surface area contributed by atoms with Crippen molar-refractivity contribution < 1.29 is 45.2 Å². The van der Waals surface area contributed by atoms with E-state index in [2.05, 4.69) is 4.74 Å². The average molecular weight is 471 g/mol. The number of alkyl halides is 3. The van der Waals surface area contributed by atoms with Crippen LogP contribution in [0.5, 0.6) is 0 Å². The van der Waals surface area contributed by atoms with Crippen LogP contribution in [0.1, 0.15) is 65.2 Å². The third-order valence-electron chi connectivity index (χ3n) is 6.96. The Hall–Kier alpha value is -1.36. The third-order valence-corrected chi connectivity index (χ3v) is 7.68. The molecule has 4 fully saturated rings. The summed E-state index contributed by atoms with van der Waals surface area (Å²) in [5.74, 6) is -3.07. The highest BCUT2D eigenvalue weighted by atomic mass is 32.2. The molecule has 4 saturated carbocycles. The fourth-order valence-corrected chi connectivity index (χ4v) is 6.53. The van der Waals surface area contributed by atoms with E-state index in [1.54, 1.807) is 0 Å². The third kappa shape index (κ3) is 5.53. The molecule has 4 bridgehead atoms. The fraction of sp³-hybridized carbons (Fsp3) is 0.900. The minimum absolute atomic E-state index is 0.0242. The van der Waals surface area contributed by atoms with E-state index in [0.29, 0.717) is 25.7 Å². The number of rotatable bonds is 8. The van der Waals surface area contributed by atoms with E-state index in [-0.39, 0.29) is 36.6 Å². The lowest BCUT2D eigenvalue weighted by molar-refractivity contribution is -0.237. The van der Waals surface area contributed by atoms with Crippen LogP contribution in [0.15, 0.2) is 0 Å². The maximum atomic E-state index is 13.3. The lowest BCUT2D eigenvalue weighted by atomic mass is 9.48. The number of carbonyl (C=O) groups is 2. The summed E-state index contributed by atoms with van der Waals surface area (Å²) in [4.78, 5) is 25.4. The molecule has 4 rings (SSSR count). The zero-order chi connectivity index (χ0) is 23.2. The van der Waals surface area contributed by atoms with Gasteiger partial charge in [-0.3, -0.25) is 14.1 Å². The first-order valence-electron chi connectivity index (χ1n) is 10.6. The molecule has 0 radical (unpaired) electrons. The molecular formula is C20H29F3O7S. The van der Waals surface area contributed by atoms with Crippen LogP contribution < -0.4 is 0 Å². The van der Waals surface area contributed by atoms with Crippen molar-refractivity contribution in [3.05, 3.63) is 0 Å².